The number of piperazine rings is 2. The van der Waals surface area contributed by atoms with E-state index in [2.05, 4.69) is 20.0 Å². The highest BCUT2D eigenvalue weighted by Gasteiger charge is 2.36. The van der Waals surface area contributed by atoms with Crippen molar-refractivity contribution < 1.29 is 13.2 Å². The summed E-state index contributed by atoms with van der Waals surface area (Å²) in [7, 11) is -2.32. The lowest BCUT2D eigenvalue weighted by molar-refractivity contribution is 0.0742. The van der Waals surface area contributed by atoms with Gasteiger partial charge in [0, 0.05) is 88.7 Å². The average Bonchev–Trinajstić information content (AvgIpc) is 3.32. The maximum absolute atomic E-state index is 13.6. The quantitative estimate of drug-likeness (QED) is 0.486. The van der Waals surface area contributed by atoms with Gasteiger partial charge >= 0.3 is 0 Å². The highest BCUT2D eigenvalue weighted by Crippen LogP contribution is 2.25. The Morgan fingerprint density at radius 2 is 1.50 bits per heavy atom. The number of rotatable bonds is 5. The Labute approximate surface area is 214 Å². The zero-order valence-corrected chi connectivity index (χ0v) is 21.4. The Bertz CT molecular complexity index is 1320. The minimum atomic E-state index is -3.95. The van der Waals surface area contributed by atoms with Crippen LogP contribution in [0.2, 0.25) is 5.02 Å². The molecular formula is C23H27ClN8O3S. The Morgan fingerprint density at radius 1 is 0.889 bits per heavy atom. The standard InChI is InChI=1S/C23H27ClN8O3S/c1-28-17-20(22(33)30-9-11-31(12-10-30)23-25-7-2-8-26-23)21(27-28)36(34,35)32-15-13-29(14-16-32)19-5-3-18(24)4-6-19/h2-8,17H,9-16H2,1H3. The molecule has 11 nitrogen and oxygen atoms in total. The normalized spacial score (nSPS) is 17.4. The number of benzene rings is 1. The fraction of sp³-hybridized carbons (Fsp3) is 0.391. The third-order valence-corrected chi connectivity index (χ3v) is 8.53. The number of amides is 1. The van der Waals surface area contributed by atoms with Gasteiger partial charge in [-0.25, -0.2) is 18.4 Å². The van der Waals surface area contributed by atoms with E-state index < -0.39 is 10.0 Å². The molecule has 0 radical (unpaired) electrons. The zero-order valence-electron chi connectivity index (χ0n) is 19.9. The molecule has 0 aliphatic carbocycles. The number of hydrogen-bond donors (Lipinski definition) is 0. The number of carbonyl (C=O) groups is 1. The van der Waals surface area contributed by atoms with Gasteiger partial charge in [-0.15, -0.1) is 0 Å². The van der Waals surface area contributed by atoms with Gasteiger partial charge in [-0.2, -0.15) is 9.40 Å². The molecule has 4 heterocycles. The Kier molecular flexibility index (Phi) is 6.82. The molecular weight excluding hydrogens is 504 g/mol. The predicted molar refractivity (Wildman–Crippen MR) is 136 cm³/mol. The van der Waals surface area contributed by atoms with Crippen molar-refractivity contribution in [1.82, 2.24) is 29.0 Å². The molecule has 2 aliphatic heterocycles. The average molecular weight is 531 g/mol. The van der Waals surface area contributed by atoms with Gasteiger partial charge in [0.05, 0.1) is 5.56 Å². The summed E-state index contributed by atoms with van der Waals surface area (Å²) in [6, 6.07) is 9.24. The molecule has 5 rings (SSSR count). The van der Waals surface area contributed by atoms with Crippen molar-refractivity contribution >= 4 is 39.2 Å². The molecule has 1 aromatic carbocycles. The molecule has 3 aromatic rings. The van der Waals surface area contributed by atoms with E-state index in [1.807, 2.05) is 29.2 Å². The summed E-state index contributed by atoms with van der Waals surface area (Å²) in [4.78, 5) is 27.7. The Hall–Kier alpha value is -3.22. The van der Waals surface area contributed by atoms with Gasteiger partial charge in [-0.05, 0) is 30.3 Å². The fourth-order valence-corrected chi connectivity index (χ4v) is 6.17. The van der Waals surface area contributed by atoms with Crippen LogP contribution in [0.25, 0.3) is 0 Å². The SMILES string of the molecule is Cn1cc(C(=O)N2CCN(c3ncccn3)CC2)c(S(=O)(=O)N2CCN(c3ccc(Cl)cc3)CC2)n1. The lowest BCUT2D eigenvalue weighted by atomic mass is 10.2. The molecule has 1 amide bonds. The van der Waals surface area contributed by atoms with Crippen molar-refractivity contribution in [3.05, 3.63) is 59.5 Å². The van der Waals surface area contributed by atoms with Gasteiger partial charge < -0.3 is 14.7 Å². The molecule has 190 valence electrons. The van der Waals surface area contributed by atoms with E-state index >= 15 is 0 Å². The maximum Gasteiger partial charge on any atom is 0.263 e. The van der Waals surface area contributed by atoms with Crippen LogP contribution in [-0.4, -0.2) is 95.6 Å². The van der Waals surface area contributed by atoms with Gasteiger partial charge in [-0.1, -0.05) is 11.6 Å². The number of carbonyl (C=O) groups excluding carboxylic acids is 1. The van der Waals surface area contributed by atoms with Crippen molar-refractivity contribution in [2.45, 2.75) is 5.03 Å². The first kappa shape index (κ1) is 24.5. The summed E-state index contributed by atoms with van der Waals surface area (Å²) in [5.74, 6) is 0.280. The Morgan fingerprint density at radius 3 is 2.14 bits per heavy atom. The highest BCUT2D eigenvalue weighted by atomic mass is 35.5. The molecule has 0 N–H and O–H groups in total. The topological polar surface area (TPSA) is 108 Å². The zero-order chi connectivity index (χ0) is 25.3. The summed E-state index contributed by atoms with van der Waals surface area (Å²) in [5, 5.41) is 4.67. The predicted octanol–water partition coefficient (Wildman–Crippen LogP) is 1.34. The second-order valence-electron chi connectivity index (χ2n) is 8.72. The molecule has 0 unspecified atom stereocenters. The molecule has 2 aromatic heterocycles. The molecule has 0 bridgehead atoms. The number of nitrogens with zero attached hydrogens (tertiary/aromatic N) is 8. The van der Waals surface area contributed by atoms with E-state index in [1.165, 1.54) is 15.2 Å². The fourth-order valence-electron chi connectivity index (χ4n) is 4.50. The summed E-state index contributed by atoms with van der Waals surface area (Å²) in [6.07, 6.45) is 4.86. The van der Waals surface area contributed by atoms with Crippen LogP contribution in [0.5, 0.6) is 0 Å². The van der Waals surface area contributed by atoms with Gasteiger partial charge in [0.15, 0.2) is 0 Å². The first-order chi connectivity index (χ1) is 17.3. The van der Waals surface area contributed by atoms with Crippen molar-refractivity contribution in [3.8, 4) is 0 Å². The van der Waals surface area contributed by atoms with Crippen molar-refractivity contribution in [3.63, 3.8) is 0 Å². The van der Waals surface area contributed by atoms with Gasteiger partial charge in [0.25, 0.3) is 15.9 Å². The van der Waals surface area contributed by atoms with Crippen LogP contribution >= 0.6 is 11.6 Å². The van der Waals surface area contributed by atoms with E-state index in [4.69, 9.17) is 11.6 Å². The van der Waals surface area contributed by atoms with Crippen molar-refractivity contribution in [2.24, 2.45) is 7.05 Å². The molecule has 2 fully saturated rings. The minimum absolute atomic E-state index is 0.0991. The third-order valence-electron chi connectivity index (χ3n) is 6.44. The maximum atomic E-state index is 13.6. The number of sulfonamides is 1. The number of hydrogen-bond acceptors (Lipinski definition) is 8. The van der Waals surface area contributed by atoms with Crippen LogP contribution < -0.4 is 9.80 Å². The van der Waals surface area contributed by atoms with E-state index in [1.54, 1.807) is 30.4 Å². The monoisotopic (exact) mass is 530 g/mol. The van der Waals surface area contributed by atoms with Crippen LogP contribution in [0.3, 0.4) is 0 Å². The second kappa shape index (κ2) is 10.0. The Balaban J connectivity index is 1.28. The first-order valence-corrected chi connectivity index (χ1v) is 13.5. The molecule has 0 saturated carbocycles. The number of aromatic nitrogens is 4. The molecule has 2 aliphatic rings. The first-order valence-electron chi connectivity index (χ1n) is 11.7. The van der Waals surface area contributed by atoms with Gasteiger partial charge in [0.2, 0.25) is 11.0 Å². The van der Waals surface area contributed by atoms with Crippen LogP contribution in [0.4, 0.5) is 11.6 Å². The lowest BCUT2D eigenvalue weighted by Crippen LogP contribution is -2.50. The highest BCUT2D eigenvalue weighted by molar-refractivity contribution is 7.89. The smallest absolute Gasteiger partial charge is 0.263 e. The van der Waals surface area contributed by atoms with Crippen molar-refractivity contribution in [2.75, 3.05) is 62.2 Å². The van der Waals surface area contributed by atoms with Crippen LogP contribution in [-0.2, 0) is 17.1 Å². The summed E-state index contributed by atoms with van der Waals surface area (Å²) in [6.45, 7) is 3.64. The molecule has 36 heavy (non-hydrogen) atoms. The third kappa shape index (κ3) is 4.88. The molecule has 13 heteroatoms. The van der Waals surface area contributed by atoms with E-state index in [9.17, 15) is 13.2 Å². The molecule has 0 atom stereocenters. The largest absolute Gasteiger partial charge is 0.369 e. The van der Waals surface area contributed by atoms with E-state index in [0.717, 1.165) is 5.69 Å². The van der Waals surface area contributed by atoms with Crippen LogP contribution in [0.1, 0.15) is 10.4 Å². The van der Waals surface area contributed by atoms with Crippen LogP contribution in [0, 0.1) is 0 Å². The number of halogens is 1. The summed E-state index contributed by atoms with van der Waals surface area (Å²) < 4.78 is 29.9. The lowest BCUT2D eigenvalue weighted by Gasteiger charge is -2.35. The summed E-state index contributed by atoms with van der Waals surface area (Å²) in [5.41, 5.74) is 1.09. The van der Waals surface area contributed by atoms with E-state index in [-0.39, 0.29) is 16.5 Å². The van der Waals surface area contributed by atoms with Crippen molar-refractivity contribution in [1.29, 1.82) is 0 Å². The minimum Gasteiger partial charge on any atom is -0.369 e. The van der Waals surface area contributed by atoms with Gasteiger partial charge in [0.1, 0.15) is 0 Å². The number of aryl methyl sites for hydroxylation is 1. The second-order valence-corrected chi connectivity index (χ2v) is 11.0. The number of anilines is 2. The molecule has 2 saturated heterocycles. The molecule has 0 spiro atoms. The van der Waals surface area contributed by atoms with Gasteiger partial charge in [-0.3, -0.25) is 9.48 Å². The van der Waals surface area contributed by atoms with Crippen LogP contribution in [0.15, 0.2) is 53.9 Å². The van der Waals surface area contributed by atoms with E-state index in [0.29, 0.717) is 63.3 Å². The summed E-state index contributed by atoms with van der Waals surface area (Å²) >= 11 is 5.98.